The average molecular weight is 268 g/mol. The average Bonchev–Trinajstić information content (AvgIpc) is 2.86. The normalized spacial score (nSPS) is 12.7. The van der Waals surface area contributed by atoms with E-state index >= 15 is 0 Å². The summed E-state index contributed by atoms with van der Waals surface area (Å²) in [5.74, 6) is 0. The molecule has 0 saturated carbocycles. The van der Waals surface area contributed by atoms with Gasteiger partial charge < -0.3 is 5.32 Å². The number of nitrogens with zero attached hydrogens (tertiary/aromatic N) is 1. The first-order valence-electron chi connectivity index (χ1n) is 6.36. The maximum Gasteiger partial charge on any atom is 0.0674 e. The second-order valence-electron chi connectivity index (χ2n) is 4.61. The Morgan fingerprint density at radius 1 is 1.16 bits per heavy atom. The van der Waals surface area contributed by atoms with Gasteiger partial charge in [0.2, 0.25) is 0 Å². The Morgan fingerprint density at radius 3 is 2.79 bits per heavy atom. The van der Waals surface area contributed by atoms with Gasteiger partial charge in [-0.2, -0.15) is 0 Å². The highest BCUT2D eigenvalue weighted by molar-refractivity contribution is 7.12. The molecule has 1 aromatic carbocycles. The highest BCUT2D eigenvalue weighted by Gasteiger charge is 2.16. The summed E-state index contributed by atoms with van der Waals surface area (Å²) in [7, 11) is 2.01. The minimum atomic E-state index is 0.241. The molecule has 3 heteroatoms. The molecule has 0 saturated heterocycles. The summed E-state index contributed by atoms with van der Waals surface area (Å²) in [6, 6.07) is 13.1. The van der Waals surface area contributed by atoms with Crippen molar-refractivity contribution in [1.82, 2.24) is 10.3 Å². The zero-order valence-corrected chi connectivity index (χ0v) is 11.9. The molecule has 1 N–H and O–H groups in total. The molecule has 19 heavy (non-hydrogen) atoms. The van der Waals surface area contributed by atoms with Gasteiger partial charge in [-0.15, -0.1) is 11.3 Å². The van der Waals surface area contributed by atoms with Crippen LogP contribution in [0, 0.1) is 6.92 Å². The van der Waals surface area contributed by atoms with Crippen LogP contribution in [-0.2, 0) is 0 Å². The van der Waals surface area contributed by atoms with Gasteiger partial charge in [-0.25, -0.2) is 0 Å². The lowest BCUT2D eigenvalue weighted by molar-refractivity contribution is 0.709. The van der Waals surface area contributed by atoms with Crippen LogP contribution in [0.2, 0.25) is 0 Å². The van der Waals surface area contributed by atoms with Gasteiger partial charge in [0.05, 0.1) is 6.04 Å². The van der Waals surface area contributed by atoms with Crippen molar-refractivity contribution >= 4 is 22.1 Å². The fourth-order valence-corrected chi connectivity index (χ4v) is 3.47. The smallest absolute Gasteiger partial charge is 0.0674 e. The summed E-state index contributed by atoms with van der Waals surface area (Å²) >= 11 is 1.85. The molecule has 2 nitrogen and oxygen atoms in total. The van der Waals surface area contributed by atoms with Crippen molar-refractivity contribution < 1.29 is 0 Å². The largest absolute Gasteiger partial charge is 0.309 e. The molecule has 0 aliphatic heterocycles. The van der Waals surface area contributed by atoms with E-state index in [0.717, 1.165) is 0 Å². The maximum atomic E-state index is 4.20. The van der Waals surface area contributed by atoms with Crippen LogP contribution in [0.1, 0.15) is 21.4 Å². The van der Waals surface area contributed by atoms with Crippen LogP contribution < -0.4 is 5.32 Å². The lowest BCUT2D eigenvalue weighted by atomic mass is 9.99. The van der Waals surface area contributed by atoms with Crippen molar-refractivity contribution in [2.45, 2.75) is 13.0 Å². The summed E-state index contributed by atoms with van der Waals surface area (Å²) in [6.45, 7) is 2.15. The maximum absolute atomic E-state index is 4.20. The molecule has 0 bridgehead atoms. The third-order valence-electron chi connectivity index (χ3n) is 3.36. The van der Waals surface area contributed by atoms with Crippen molar-refractivity contribution in [3.05, 3.63) is 64.1 Å². The van der Waals surface area contributed by atoms with Crippen molar-refractivity contribution in [3.8, 4) is 0 Å². The summed E-state index contributed by atoms with van der Waals surface area (Å²) in [5.41, 5.74) is 1.31. The third-order valence-corrected chi connectivity index (χ3v) is 4.43. The minimum Gasteiger partial charge on any atom is -0.309 e. The SMILES string of the molecule is CNC(c1ccc(C)s1)c1cccc2cnccc12. The highest BCUT2D eigenvalue weighted by atomic mass is 32.1. The Balaban J connectivity index is 2.16. The number of benzene rings is 1. The zero-order chi connectivity index (χ0) is 13.2. The Morgan fingerprint density at radius 2 is 2.05 bits per heavy atom. The van der Waals surface area contributed by atoms with Crippen molar-refractivity contribution in [3.63, 3.8) is 0 Å². The summed E-state index contributed by atoms with van der Waals surface area (Å²) < 4.78 is 0. The first-order valence-corrected chi connectivity index (χ1v) is 7.17. The fourth-order valence-electron chi connectivity index (χ4n) is 2.46. The quantitative estimate of drug-likeness (QED) is 0.779. The van der Waals surface area contributed by atoms with Crippen LogP contribution in [0.3, 0.4) is 0 Å². The predicted molar refractivity (Wildman–Crippen MR) is 81.7 cm³/mol. The molecule has 0 amide bonds. The number of pyridine rings is 1. The van der Waals surface area contributed by atoms with Crippen molar-refractivity contribution in [2.24, 2.45) is 0 Å². The van der Waals surface area contributed by atoms with Gasteiger partial charge in [-0.05, 0) is 43.1 Å². The standard InChI is InChI=1S/C16H16N2S/c1-11-6-7-15(19-11)16(17-2)14-5-3-4-12-10-18-9-8-13(12)14/h3-10,16-17H,1-2H3. The highest BCUT2D eigenvalue weighted by Crippen LogP contribution is 2.31. The Bertz CT molecular complexity index is 697. The predicted octanol–water partition coefficient (Wildman–Crippen LogP) is 3.91. The third kappa shape index (κ3) is 2.27. The van der Waals surface area contributed by atoms with E-state index in [9.17, 15) is 0 Å². The van der Waals surface area contributed by atoms with E-state index in [-0.39, 0.29) is 6.04 Å². The zero-order valence-electron chi connectivity index (χ0n) is 11.1. The fraction of sp³-hybridized carbons (Fsp3) is 0.188. The molecule has 0 fully saturated rings. The van der Waals surface area contributed by atoms with Crippen LogP contribution in [0.4, 0.5) is 0 Å². The molecular weight excluding hydrogens is 252 g/mol. The first kappa shape index (κ1) is 12.3. The van der Waals surface area contributed by atoms with Crippen molar-refractivity contribution in [2.75, 3.05) is 7.05 Å². The second kappa shape index (κ2) is 5.11. The van der Waals surface area contributed by atoms with Gasteiger partial charge in [0.25, 0.3) is 0 Å². The lowest BCUT2D eigenvalue weighted by Gasteiger charge is -2.17. The van der Waals surface area contributed by atoms with Crippen LogP contribution in [0.15, 0.2) is 48.8 Å². The van der Waals surface area contributed by atoms with Crippen LogP contribution in [0.5, 0.6) is 0 Å². The first-order chi connectivity index (χ1) is 9.29. The number of rotatable bonds is 3. The van der Waals surface area contributed by atoms with E-state index in [2.05, 4.69) is 53.6 Å². The van der Waals surface area contributed by atoms with Gasteiger partial charge in [-0.3, -0.25) is 4.98 Å². The number of thiophene rings is 1. The Hall–Kier alpha value is -1.71. The molecule has 1 atom stereocenters. The molecule has 1 unspecified atom stereocenters. The molecule has 3 rings (SSSR count). The lowest BCUT2D eigenvalue weighted by Crippen LogP contribution is -2.16. The molecule has 0 radical (unpaired) electrons. The van der Waals surface area contributed by atoms with Crippen LogP contribution in [-0.4, -0.2) is 12.0 Å². The van der Waals surface area contributed by atoms with E-state index < -0.39 is 0 Å². The summed E-state index contributed by atoms with van der Waals surface area (Å²) in [5, 5.41) is 5.89. The number of nitrogens with one attached hydrogen (secondary N) is 1. The van der Waals surface area contributed by atoms with Gasteiger partial charge in [0.15, 0.2) is 0 Å². The van der Waals surface area contributed by atoms with Gasteiger partial charge in [-0.1, -0.05) is 18.2 Å². The molecule has 2 aromatic heterocycles. The van der Waals surface area contributed by atoms with Gasteiger partial charge >= 0.3 is 0 Å². The van der Waals surface area contributed by atoms with Crippen molar-refractivity contribution in [1.29, 1.82) is 0 Å². The topological polar surface area (TPSA) is 24.9 Å². The second-order valence-corrected chi connectivity index (χ2v) is 5.93. The van der Waals surface area contributed by atoms with E-state index in [1.807, 2.05) is 30.8 Å². The van der Waals surface area contributed by atoms with E-state index in [1.165, 1.54) is 26.1 Å². The summed E-state index contributed by atoms with van der Waals surface area (Å²) in [6.07, 6.45) is 3.78. The van der Waals surface area contributed by atoms with E-state index in [0.29, 0.717) is 0 Å². The van der Waals surface area contributed by atoms with Gasteiger partial charge in [0, 0.05) is 27.5 Å². The minimum absolute atomic E-state index is 0.241. The molecule has 0 aliphatic carbocycles. The molecule has 0 spiro atoms. The van der Waals surface area contributed by atoms with E-state index in [4.69, 9.17) is 0 Å². The molecule has 2 heterocycles. The van der Waals surface area contributed by atoms with E-state index in [1.54, 1.807) is 0 Å². The molecule has 0 aliphatic rings. The number of fused-ring (bicyclic) bond motifs is 1. The number of aryl methyl sites for hydroxylation is 1. The summed E-state index contributed by atoms with van der Waals surface area (Å²) in [4.78, 5) is 6.89. The number of hydrogen-bond acceptors (Lipinski definition) is 3. The van der Waals surface area contributed by atoms with Crippen LogP contribution >= 0.6 is 11.3 Å². The monoisotopic (exact) mass is 268 g/mol. The van der Waals surface area contributed by atoms with Crippen LogP contribution in [0.25, 0.3) is 10.8 Å². The molecule has 3 aromatic rings. The Kier molecular flexibility index (Phi) is 3.32. The molecular formula is C16H16N2S. The van der Waals surface area contributed by atoms with Gasteiger partial charge in [0.1, 0.15) is 0 Å². The molecule has 96 valence electrons. The Labute approximate surface area is 117 Å². The number of aromatic nitrogens is 1. The number of hydrogen-bond donors (Lipinski definition) is 1.